The van der Waals surface area contributed by atoms with Crippen LogP contribution in [0.2, 0.25) is 0 Å². The van der Waals surface area contributed by atoms with Crippen molar-refractivity contribution in [2.24, 2.45) is 7.05 Å². The molecular formula is C15H19N3O. The Kier molecular flexibility index (Phi) is 3.69. The Hall–Kier alpha value is -2.10. The number of carbonyl (C=O) groups is 1. The van der Waals surface area contributed by atoms with Crippen LogP contribution in [0.15, 0.2) is 24.3 Å². The van der Waals surface area contributed by atoms with Gasteiger partial charge in [-0.2, -0.15) is 5.10 Å². The highest BCUT2D eigenvalue weighted by molar-refractivity contribution is 5.93. The summed E-state index contributed by atoms with van der Waals surface area (Å²) in [6.07, 6.45) is 0.383. The Balaban J connectivity index is 2.07. The van der Waals surface area contributed by atoms with Crippen LogP contribution in [0.25, 0.3) is 0 Å². The number of hydrogen-bond donors (Lipinski definition) is 1. The highest BCUT2D eigenvalue weighted by atomic mass is 16.1. The molecule has 19 heavy (non-hydrogen) atoms. The first kappa shape index (κ1) is 13.3. The molecule has 1 N–H and O–H groups in total. The molecule has 0 atom stereocenters. The zero-order chi connectivity index (χ0) is 14.0. The third-order valence-electron chi connectivity index (χ3n) is 3.26. The molecular weight excluding hydrogens is 238 g/mol. The lowest BCUT2D eigenvalue weighted by molar-refractivity contribution is -0.115. The number of nitrogens with one attached hydrogen (secondary N) is 1. The average molecular weight is 257 g/mol. The predicted molar refractivity (Wildman–Crippen MR) is 76.2 cm³/mol. The lowest BCUT2D eigenvalue weighted by atomic mass is 10.1. The molecule has 0 radical (unpaired) electrons. The third-order valence-corrected chi connectivity index (χ3v) is 3.26. The van der Waals surface area contributed by atoms with Crippen LogP contribution in [0.1, 0.15) is 22.5 Å². The van der Waals surface area contributed by atoms with Crippen LogP contribution in [0, 0.1) is 20.8 Å². The van der Waals surface area contributed by atoms with E-state index in [0.29, 0.717) is 6.42 Å². The van der Waals surface area contributed by atoms with Gasteiger partial charge in [0, 0.05) is 7.05 Å². The Morgan fingerprint density at radius 3 is 2.37 bits per heavy atom. The molecule has 1 heterocycles. The van der Waals surface area contributed by atoms with Crippen LogP contribution in [-0.4, -0.2) is 15.7 Å². The van der Waals surface area contributed by atoms with Crippen molar-refractivity contribution in [3.05, 3.63) is 46.8 Å². The molecule has 1 aromatic carbocycles. The van der Waals surface area contributed by atoms with Crippen LogP contribution in [0.5, 0.6) is 0 Å². The summed E-state index contributed by atoms with van der Waals surface area (Å²) in [5.74, 6) is -0.0111. The lowest BCUT2D eigenvalue weighted by Crippen LogP contribution is -2.15. The van der Waals surface area contributed by atoms with Crippen LogP contribution in [0.4, 0.5) is 5.69 Å². The van der Waals surface area contributed by atoms with Gasteiger partial charge in [-0.15, -0.1) is 0 Å². The molecule has 1 aromatic heterocycles. The smallest absolute Gasteiger partial charge is 0.228 e. The number of aromatic nitrogens is 2. The standard InChI is InChI=1S/C15H19N3O/c1-10-5-7-13(8-6-10)9-14(19)16-15-11(2)17-18(4)12(15)3/h5-8H,9H2,1-4H3,(H,16,19). The molecule has 100 valence electrons. The molecule has 0 aliphatic rings. The first-order valence-electron chi connectivity index (χ1n) is 6.33. The number of amides is 1. The molecule has 2 aromatic rings. The topological polar surface area (TPSA) is 46.9 Å². The van der Waals surface area contributed by atoms with Crippen molar-refractivity contribution >= 4 is 11.6 Å². The quantitative estimate of drug-likeness (QED) is 0.918. The van der Waals surface area contributed by atoms with Gasteiger partial charge in [0.05, 0.1) is 23.5 Å². The molecule has 0 unspecified atom stereocenters. The number of rotatable bonds is 3. The van der Waals surface area contributed by atoms with Gasteiger partial charge in [-0.05, 0) is 26.3 Å². The fourth-order valence-electron chi connectivity index (χ4n) is 2.03. The van der Waals surface area contributed by atoms with E-state index in [9.17, 15) is 4.79 Å². The second-order valence-electron chi connectivity index (χ2n) is 4.88. The van der Waals surface area contributed by atoms with Gasteiger partial charge in [0.1, 0.15) is 0 Å². The van der Waals surface area contributed by atoms with Gasteiger partial charge in [-0.1, -0.05) is 29.8 Å². The maximum atomic E-state index is 12.0. The van der Waals surface area contributed by atoms with Crippen molar-refractivity contribution in [3.8, 4) is 0 Å². The Morgan fingerprint density at radius 1 is 1.21 bits per heavy atom. The molecule has 0 saturated carbocycles. The number of hydrogen-bond acceptors (Lipinski definition) is 2. The van der Waals surface area contributed by atoms with E-state index in [1.165, 1.54) is 5.56 Å². The number of nitrogens with zero attached hydrogens (tertiary/aromatic N) is 2. The molecule has 0 aliphatic heterocycles. The monoisotopic (exact) mass is 257 g/mol. The minimum Gasteiger partial charge on any atom is -0.323 e. The van der Waals surface area contributed by atoms with E-state index in [2.05, 4.69) is 10.4 Å². The minimum absolute atomic E-state index is 0.0111. The van der Waals surface area contributed by atoms with E-state index in [-0.39, 0.29) is 5.91 Å². The Morgan fingerprint density at radius 2 is 1.84 bits per heavy atom. The summed E-state index contributed by atoms with van der Waals surface area (Å²) in [5.41, 5.74) is 4.84. The van der Waals surface area contributed by atoms with Gasteiger partial charge in [-0.25, -0.2) is 0 Å². The summed E-state index contributed by atoms with van der Waals surface area (Å²) < 4.78 is 1.77. The summed E-state index contributed by atoms with van der Waals surface area (Å²) in [4.78, 5) is 12.0. The molecule has 4 nitrogen and oxygen atoms in total. The molecule has 0 saturated heterocycles. The van der Waals surface area contributed by atoms with E-state index in [1.54, 1.807) is 4.68 Å². The molecule has 1 amide bonds. The number of anilines is 1. The van der Waals surface area contributed by atoms with Crippen molar-refractivity contribution in [1.82, 2.24) is 9.78 Å². The van der Waals surface area contributed by atoms with Crippen molar-refractivity contribution in [1.29, 1.82) is 0 Å². The van der Waals surface area contributed by atoms with Gasteiger partial charge in [0.25, 0.3) is 0 Å². The summed E-state index contributed by atoms with van der Waals surface area (Å²) in [6, 6.07) is 8.00. The lowest BCUT2D eigenvalue weighted by Gasteiger charge is -2.06. The fraction of sp³-hybridized carbons (Fsp3) is 0.333. The highest BCUT2D eigenvalue weighted by Crippen LogP contribution is 2.18. The van der Waals surface area contributed by atoms with E-state index >= 15 is 0 Å². The fourth-order valence-corrected chi connectivity index (χ4v) is 2.03. The zero-order valence-electron chi connectivity index (χ0n) is 11.8. The number of carbonyl (C=O) groups excluding carboxylic acids is 1. The minimum atomic E-state index is -0.0111. The van der Waals surface area contributed by atoms with Crippen molar-refractivity contribution < 1.29 is 4.79 Å². The molecule has 0 aliphatic carbocycles. The van der Waals surface area contributed by atoms with Gasteiger partial charge in [-0.3, -0.25) is 9.48 Å². The van der Waals surface area contributed by atoms with Gasteiger partial charge in [0.2, 0.25) is 5.91 Å². The molecule has 4 heteroatoms. The van der Waals surface area contributed by atoms with Crippen molar-refractivity contribution in [2.75, 3.05) is 5.32 Å². The van der Waals surface area contributed by atoms with Crippen LogP contribution < -0.4 is 5.32 Å². The third kappa shape index (κ3) is 3.02. The van der Waals surface area contributed by atoms with Gasteiger partial charge >= 0.3 is 0 Å². The van der Waals surface area contributed by atoms with E-state index in [4.69, 9.17) is 0 Å². The summed E-state index contributed by atoms with van der Waals surface area (Å²) >= 11 is 0. The van der Waals surface area contributed by atoms with Crippen molar-refractivity contribution in [3.63, 3.8) is 0 Å². The van der Waals surface area contributed by atoms with Crippen LogP contribution in [-0.2, 0) is 18.3 Å². The second kappa shape index (κ2) is 5.26. The zero-order valence-corrected chi connectivity index (χ0v) is 11.8. The van der Waals surface area contributed by atoms with Gasteiger partial charge < -0.3 is 5.32 Å². The highest BCUT2D eigenvalue weighted by Gasteiger charge is 2.12. The summed E-state index contributed by atoms with van der Waals surface area (Å²) in [5, 5.41) is 7.22. The second-order valence-corrected chi connectivity index (χ2v) is 4.88. The van der Waals surface area contributed by atoms with Crippen LogP contribution in [0.3, 0.4) is 0 Å². The largest absolute Gasteiger partial charge is 0.323 e. The molecule has 2 rings (SSSR count). The van der Waals surface area contributed by atoms with Crippen molar-refractivity contribution in [2.45, 2.75) is 27.2 Å². The molecule has 0 bridgehead atoms. The predicted octanol–water partition coefficient (Wildman–Crippen LogP) is 2.53. The first-order valence-corrected chi connectivity index (χ1v) is 6.33. The van der Waals surface area contributed by atoms with Gasteiger partial charge in [0.15, 0.2) is 0 Å². The number of benzene rings is 1. The number of aryl methyl sites for hydroxylation is 3. The Bertz CT molecular complexity index is 597. The molecule has 0 spiro atoms. The molecule has 0 fully saturated rings. The van der Waals surface area contributed by atoms with E-state index in [0.717, 1.165) is 22.6 Å². The van der Waals surface area contributed by atoms with Crippen LogP contribution >= 0.6 is 0 Å². The van der Waals surface area contributed by atoms with E-state index in [1.807, 2.05) is 52.1 Å². The summed E-state index contributed by atoms with van der Waals surface area (Å²) in [7, 11) is 1.87. The normalized spacial score (nSPS) is 10.5. The SMILES string of the molecule is Cc1ccc(CC(=O)Nc2c(C)nn(C)c2C)cc1. The Labute approximate surface area is 113 Å². The average Bonchev–Trinajstić information content (AvgIpc) is 2.59. The van der Waals surface area contributed by atoms with E-state index < -0.39 is 0 Å². The maximum Gasteiger partial charge on any atom is 0.228 e. The first-order chi connectivity index (χ1) is 8.97. The summed E-state index contributed by atoms with van der Waals surface area (Å²) in [6.45, 7) is 5.88. The maximum absolute atomic E-state index is 12.0.